The molecule has 0 aromatic carbocycles. The molecule has 9 heteroatoms. The molecule has 0 spiro atoms. The number of nitrogens with zero attached hydrogens (tertiary/aromatic N) is 2. The number of aryl methyl sites for hydroxylation is 1. The average Bonchev–Trinajstić information content (AvgIpc) is 3.21. The third kappa shape index (κ3) is 4.13. The number of amides is 1. The molecule has 2 aromatic heterocycles. The van der Waals surface area contributed by atoms with Gasteiger partial charge in [-0.2, -0.15) is 0 Å². The number of piperidine rings is 1. The van der Waals surface area contributed by atoms with Crippen LogP contribution in [-0.4, -0.2) is 43.1 Å². The van der Waals surface area contributed by atoms with Gasteiger partial charge in [-0.05, 0) is 31.9 Å². The highest BCUT2D eigenvalue weighted by atomic mass is 35.5. The number of hydrogen-bond acceptors (Lipinski definition) is 7. The predicted octanol–water partition coefficient (Wildman–Crippen LogP) is 3.35. The minimum atomic E-state index is -0.470. The Balaban J connectivity index is 1.57. The lowest BCUT2D eigenvalue weighted by Gasteiger charge is -2.32. The lowest BCUT2D eigenvalue weighted by Crippen LogP contribution is -2.44. The van der Waals surface area contributed by atoms with E-state index in [-0.39, 0.29) is 17.1 Å². The number of hydrogen-bond donors (Lipinski definition) is 1. The molecule has 1 amide bonds. The molecule has 1 N–H and O–H groups in total. The Morgan fingerprint density at radius 2 is 2.04 bits per heavy atom. The van der Waals surface area contributed by atoms with Crippen LogP contribution in [0.15, 0.2) is 12.1 Å². The van der Waals surface area contributed by atoms with Crippen LogP contribution in [0.5, 0.6) is 0 Å². The van der Waals surface area contributed by atoms with E-state index in [1.165, 1.54) is 29.8 Å². The molecule has 2 aromatic rings. The Labute approximate surface area is 158 Å². The van der Waals surface area contributed by atoms with Crippen LogP contribution in [0, 0.1) is 6.92 Å². The SMILES string of the molecule is COC(=O)c1sc(N2CCC(NC(=O)c3ccc(C)s3)CC2)nc1Cl. The van der Waals surface area contributed by atoms with Crippen molar-refractivity contribution in [1.82, 2.24) is 10.3 Å². The molecular formula is C16H18ClN3O3S2. The second kappa shape index (κ2) is 7.72. The molecule has 134 valence electrons. The monoisotopic (exact) mass is 399 g/mol. The molecule has 0 saturated carbocycles. The van der Waals surface area contributed by atoms with Gasteiger partial charge in [0, 0.05) is 24.0 Å². The van der Waals surface area contributed by atoms with Gasteiger partial charge in [0.1, 0.15) is 0 Å². The molecule has 6 nitrogen and oxygen atoms in total. The fourth-order valence-electron chi connectivity index (χ4n) is 2.67. The van der Waals surface area contributed by atoms with Gasteiger partial charge in [-0.3, -0.25) is 4.79 Å². The fraction of sp³-hybridized carbons (Fsp3) is 0.438. The Hall–Kier alpha value is -1.64. The fourth-order valence-corrected chi connectivity index (χ4v) is 4.69. The number of nitrogens with one attached hydrogen (secondary N) is 1. The minimum Gasteiger partial charge on any atom is -0.465 e. The van der Waals surface area contributed by atoms with Crippen molar-refractivity contribution in [3.63, 3.8) is 0 Å². The van der Waals surface area contributed by atoms with Crippen LogP contribution in [0.4, 0.5) is 5.13 Å². The second-order valence-electron chi connectivity index (χ2n) is 5.75. The summed E-state index contributed by atoms with van der Waals surface area (Å²) in [6, 6.07) is 3.95. The lowest BCUT2D eigenvalue weighted by molar-refractivity contribution is 0.0606. The van der Waals surface area contributed by atoms with E-state index in [0.29, 0.717) is 10.0 Å². The van der Waals surface area contributed by atoms with Crippen molar-refractivity contribution >= 4 is 51.3 Å². The van der Waals surface area contributed by atoms with Gasteiger partial charge in [-0.1, -0.05) is 22.9 Å². The standard InChI is InChI=1S/C16H18ClN3O3S2/c1-9-3-4-11(24-9)14(21)18-10-5-7-20(8-6-10)16-19-13(17)12(25-16)15(22)23-2/h3-4,10H,5-8H2,1-2H3,(H,18,21). The molecule has 0 bridgehead atoms. The van der Waals surface area contributed by atoms with Crippen LogP contribution in [0.3, 0.4) is 0 Å². The molecule has 0 aliphatic carbocycles. The molecule has 1 saturated heterocycles. The van der Waals surface area contributed by atoms with E-state index in [4.69, 9.17) is 16.3 Å². The number of anilines is 1. The van der Waals surface area contributed by atoms with Crippen molar-refractivity contribution in [3.8, 4) is 0 Å². The van der Waals surface area contributed by atoms with Gasteiger partial charge < -0.3 is 15.0 Å². The van der Waals surface area contributed by atoms with Crippen molar-refractivity contribution in [2.24, 2.45) is 0 Å². The highest BCUT2D eigenvalue weighted by Gasteiger charge is 2.26. The van der Waals surface area contributed by atoms with E-state index in [9.17, 15) is 9.59 Å². The smallest absolute Gasteiger partial charge is 0.351 e. The molecule has 0 radical (unpaired) electrons. The number of methoxy groups -OCH3 is 1. The predicted molar refractivity (Wildman–Crippen MR) is 100 cm³/mol. The number of ether oxygens (including phenoxy) is 1. The third-order valence-corrected chi connectivity index (χ3v) is 6.49. The summed E-state index contributed by atoms with van der Waals surface area (Å²) >= 11 is 8.76. The molecule has 1 aliphatic rings. The highest BCUT2D eigenvalue weighted by molar-refractivity contribution is 7.18. The number of carbonyl (C=O) groups is 2. The van der Waals surface area contributed by atoms with E-state index in [2.05, 4.69) is 15.2 Å². The quantitative estimate of drug-likeness (QED) is 0.798. The Morgan fingerprint density at radius 3 is 2.64 bits per heavy atom. The zero-order chi connectivity index (χ0) is 18.0. The number of aromatic nitrogens is 1. The van der Waals surface area contributed by atoms with Crippen LogP contribution in [0.2, 0.25) is 5.15 Å². The first-order valence-corrected chi connectivity index (χ1v) is 9.86. The zero-order valence-electron chi connectivity index (χ0n) is 13.9. The number of carbonyl (C=O) groups excluding carboxylic acids is 2. The summed E-state index contributed by atoms with van der Waals surface area (Å²) in [6.07, 6.45) is 1.64. The van der Waals surface area contributed by atoms with Gasteiger partial charge in [0.2, 0.25) is 0 Å². The summed E-state index contributed by atoms with van der Waals surface area (Å²) in [5.74, 6) is -0.482. The molecule has 1 aliphatic heterocycles. The summed E-state index contributed by atoms with van der Waals surface area (Å²) in [5.41, 5.74) is 0. The van der Waals surface area contributed by atoms with E-state index in [1.54, 1.807) is 0 Å². The van der Waals surface area contributed by atoms with Crippen molar-refractivity contribution in [3.05, 3.63) is 31.9 Å². The summed E-state index contributed by atoms with van der Waals surface area (Å²) in [7, 11) is 1.32. The van der Waals surface area contributed by atoms with Gasteiger partial charge in [-0.25, -0.2) is 9.78 Å². The van der Waals surface area contributed by atoms with Crippen LogP contribution in [-0.2, 0) is 4.74 Å². The van der Waals surface area contributed by atoms with Crippen LogP contribution < -0.4 is 10.2 Å². The van der Waals surface area contributed by atoms with Crippen LogP contribution >= 0.6 is 34.3 Å². The van der Waals surface area contributed by atoms with E-state index < -0.39 is 5.97 Å². The highest BCUT2D eigenvalue weighted by Crippen LogP contribution is 2.31. The third-order valence-electron chi connectivity index (χ3n) is 4.01. The lowest BCUT2D eigenvalue weighted by atomic mass is 10.1. The first-order valence-electron chi connectivity index (χ1n) is 7.85. The zero-order valence-corrected chi connectivity index (χ0v) is 16.3. The summed E-state index contributed by atoms with van der Waals surface area (Å²) in [4.78, 5) is 32.4. The number of esters is 1. The number of thiophene rings is 1. The Bertz CT molecular complexity index is 781. The number of halogens is 1. The van der Waals surface area contributed by atoms with Crippen molar-refractivity contribution in [2.45, 2.75) is 25.8 Å². The van der Waals surface area contributed by atoms with Crippen molar-refractivity contribution in [2.75, 3.05) is 25.1 Å². The van der Waals surface area contributed by atoms with Crippen molar-refractivity contribution < 1.29 is 14.3 Å². The van der Waals surface area contributed by atoms with E-state index >= 15 is 0 Å². The maximum absolute atomic E-state index is 12.2. The largest absolute Gasteiger partial charge is 0.465 e. The normalized spacial score (nSPS) is 15.2. The maximum atomic E-state index is 12.2. The van der Waals surface area contributed by atoms with E-state index in [1.807, 2.05) is 19.1 Å². The molecule has 3 heterocycles. The maximum Gasteiger partial charge on any atom is 0.351 e. The molecule has 25 heavy (non-hydrogen) atoms. The molecule has 1 fully saturated rings. The van der Waals surface area contributed by atoms with Gasteiger partial charge in [0.25, 0.3) is 5.91 Å². The Morgan fingerprint density at radius 1 is 1.32 bits per heavy atom. The van der Waals surface area contributed by atoms with E-state index in [0.717, 1.165) is 35.7 Å². The molecule has 3 rings (SSSR count). The summed E-state index contributed by atoms with van der Waals surface area (Å²) in [6.45, 7) is 3.49. The molecular weight excluding hydrogens is 382 g/mol. The number of thiazole rings is 1. The summed E-state index contributed by atoms with van der Waals surface area (Å²) < 4.78 is 4.70. The topological polar surface area (TPSA) is 71.5 Å². The first-order chi connectivity index (χ1) is 12.0. The second-order valence-corrected chi connectivity index (χ2v) is 8.38. The molecule has 0 atom stereocenters. The number of rotatable bonds is 4. The van der Waals surface area contributed by atoms with Gasteiger partial charge >= 0.3 is 5.97 Å². The van der Waals surface area contributed by atoms with Crippen LogP contribution in [0.1, 0.15) is 37.1 Å². The van der Waals surface area contributed by atoms with Crippen molar-refractivity contribution in [1.29, 1.82) is 0 Å². The molecule has 0 unspecified atom stereocenters. The minimum absolute atomic E-state index is 0.0122. The van der Waals surface area contributed by atoms with Gasteiger partial charge in [0.15, 0.2) is 15.2 Å². The van der Waals surface area contributed by atoms with Crippen LogP contribution in [0.25, 0.3) is 0 Å². The van der Waals surface area contributed by atoms with Gasteiger partial charge in [0.05, 0.1) is 12.0 Å². The van der Waals surface area contributed by atoms with Gasteiger partial charge in [-0.15, -0.1) is 11.3 Å². The first kappa shape index (κ1) is 18.2. The Kier molecular flexibility index (Phi) is 5.61. The summed E-state index contributed by atoms with van der Waals surface area (Å²) in [5, 5.41) is 3.98. The average molecular weight is 400 g/mol.